The number of aliphatic hydroxyl groups excluding tert-OH is 1. The van der Waals surface area contributed by atoms with Crippen LogP contribution in [0.4, 0.5) is 0 Å². The van der Waals surface area contributed by atoms with E-state index in [1.54, 1.807) is 36.4 Å². The van der Waals surface area contributed by atoms with Gasteiger partial charge in [0, 0.05) is 23.2 Å². The van der Waals surface area contributed by atoms with E-state index in [2.05, 4.69) is 17.1 Å². The fraction of sp³-hybridized carbons (Fsp3) is 0.292. The molecule has 1 aromatic carbocycles. The zero-order valence-corrected chi connectivity index (χ0v) is 19.0. The lowest BCUT2D eigenvalue weighted by atomic mass is 9.54. The van der Waals surface area contributed by atoms with E-state index >= 15 is 0 Å². The molecule has 0 saturated heterocycles. The van der Waals surface area contributed by atoms with Gasteiger partial charge in [-0.15, -0.1) is 11.8 Å². The number of nitriles is 2. The van der Waals surface area contributed by atoms with Crippen molar-refractivity contribution in [2.75, 3.05) is 20.5 Å². The minimum absolute atomic E-state index is 0.321. The van der Waals surface area contributed by atoms with Crippen LogP contribution in [0, 0.1) is 34.0 Å². The first-order valence-corrected chi connectivity index (χ1v) is 11.1. The normalized spacial score (nSPS) is 21.4. The van der Waals surface area contributed by atoms with E-state index in [-0.39, 0.29) is 5.57 Å². The number of rotatable bonds is 5. The molecule has 0 aliphatic heterocycles. The van der Waals surface area contributed by atoms with Crippen LogP contribution in [-0.4, -0.2) is 42.5 Å². The lowest BCUT2D eigenvalue weighted by Crippen LogP contribution is -2.47. The highest BCUT2D eigenvalue weighted by Gasteiger charge is 2.61. The molecule has 1 aromatic heterocycles. The predicted molar refractivity (Wildman–Crippen MR) is 119 cm³/mol. The number of benzene rings is 1. The summed E-state index contributed by atoms with van der Waals surface area (Å²) in [5.74, 6) is -6.25. The molecule has 1 heterocycles. The molecule has 2 aromatic rings. The molecule has 168 valence electrons. The number of aliphatic hydroxyl groups is 1. The van der Waals surface area contributed by atoms with Gasteiger partial charge in [0.15, 0.2) is 5.41 Å². The van der Waals surface area contributed by atoms with Crippen molar-refractivity contribution < 1.29 is 24.2 Å². The van der Waals surface area contributed by atoms with Crippen molar-refractivity contribution in [3.63, 3.8) is 0 Å². The van der Waals surface area contributed by atoms with Crippen LogP contribution in [0.25, 0.3) is 0 Å². The zero-order valence-electron chi connectivity index (χ0n) is 18.2. The minimum Gasteiger partial charge on any atom is -0.511 e. The molecule has 8 nitrogen and oxygen atoms in total. The summed E-state index contributed by atoms with van der Waals surface area (Å²) < 4.78 is 9.80. The molecule has 0 spiro atoms. The molecule has 3 unspecified atom stereocenters. The second-order valence-corrected chi connectivity index (χ2v) is 8.23. The van der Waals surface area contributed by atoms with Crippen molar-refractivity contribution >= 4 is 23.7 Å². The van der Waals surface area contributed by atoms with Crippen LogP contribution in [0.3, 0.4) is 0 Å². The van der Waals surface area contributed by atoms with Crippen molar-refractivity contribution in [1.82, 2.24) is 4.98 Å². The first-order valence-electron chi connectivity index (χ1n) is 9.85. The highest BCUT2D eigenvalue weighted by atomic mass is 32.2. The molecule has 0 radical (unpaired) electrons. The maximum Gasteiger partial charge on any atom is 0.337 e. The number of aromatic nitrogens is 1. The Hall–Kier alpha value is -3.82. The van der Waals surface area contributed by atoms with Gasteiger partial charge in [-0.1, -0.05) is 12.1 Å². The SMILES string of the molecule is COC(=O)C1=C(O)C(C(=O)OC)C(c2ccncc2)C(C#N)(C#N)C1c1ccc(SC)cc1. The number of hydrogen-bond acceptors (Lipinski definition) is 9. The molecule has 0 saturated carbocycles. The fourth-order valence-corrected chi connectivity index (χ4v) is 4.80. The summed E-state index contributed by atoms with van der Waals surface area (Å²) in [5.41, 5.74) is -1.41. The standard InChI is InChI=1S/C24H21N3O5S/c1-31-22(29)17-19(14-4-6-16(33-3)7-5-14)24(12-25,13-26)20(15-8-10-27-11-9-15)18(21(17)28)23(30)32-2/h4-11,18-20,28H,1-3H3. The Morgan fingerprint density at radius 2 is 1.64 bits per heavy atom. The maximum atomic E-state index is 12.9. The summed E-state index contributed by atoms with van der Waals surface area (Å²) in [4.78, 5) is 30.6. The van der Waals surface area contributed by atoms with Crippen LogP contribution in [0.2, 0.25) is 0 Å². The van der Waals surface area contributed by atoms with Crippen LogP contribution in [0.5, 0.6) is 0 Å². The number of thioether (sulfide) groups is 1. The van der Waals surface area contributed by atoms with E-state index in [1.165, 1.54) is 24.2 Å². The summed E-state index contributed by atoms with van der Waals surface area (Å²) in [6, 6.07) is 14.3. The lowest BCUT2D eigenvalue weighted by Gasteiger charge is -2.44. The van der Waals surface area contributed by atoms with Crippen LogP contribution in [-0.2, 0) is 19.1 Å². The molecule has 0 amide bonds. The topological polar surface area (TPSA) is 133 Å². The van der Waals surface area contributed by atoms with Crippen LogP contribution < -0.4 is 0 Å². The largest absolute Gasteiger partial charge is 0.511 e. The Labute approximate surface area is 195 Å². The summed E-state index contributed by atoms with van der Waals surface area (Å²) in [5, 5.41) is 32.1. The molecule has 1 aliphatic rings. The molecule has 9 heteroatoms. The average molecular weight is 464 g/mol. The van der Waals surface area contributed by atoms with Gasteiger partial charge in [-0.05, 0) is 41.6 Å². The third-order valence-electron chi connectivity index (χ3n) is 5.88. The van der Waals surface area contributed by atoms with E-state index in [0.717, 1.165) is 19.1 Å². The summed E-state index contributed by atoms with van der Waals surface area (Å²) in [6.45, 7) is 0. The summed E-state index contributed by atoms with van der Waals surface area (Å²) in [6.07, 6.45) is 4.82. The molecule has 1 N–H and O–H groups in total. The fourth-order valence-electron chi connectivity index (χ4n) is 4.40. The third-order valence-corrected chi connectivity index (χ3v) is 6.63. The van der Waals surface area contributed by atoms with Gasteiger partial charge >= 0.3 is 11.9 Å². The highest BCUT2D eigenvalue weighted by molar-refractivity contribution is 7.98. The number of esters is 2. The Balaban J connectivity index is 2.45. The number of nitrogens with zero attached hydrogens (tertiary/aromatic N) is 3. The Bertz CT molecular complexity index is 1150. The molecular formula is C24H21N3O5S. The molecular weight excluding hydrogens is 442 g/mol. The van der Waals surface area contributed by atoms with Gasteiger partial charge in [-0.2, -0.15) is 10.5 Å². The minimum atomic E-state index is -1.96. The molecule has 3 rings (SSSR count). The predicted octanol–water partition coefficient (Wildman–Crippen LogP) is 3.49. The Kier molecular flexibility index (Phi) is 7.05. The number of carbonyl (C=O) groups is 2. The van der Waals surface area contributed by atoms with Crippen LogP contribution >= 0.6 is 11.8 Å². The quantitative estimate of drug-likeness (QED) is 0.522. The molecule has 33 heavy (non-hydrogen) atoms. The first kappa shape index (κ1) is 23.8. The van der Waals surface area contributed by atoms with Crippen LogP contribution in [0.1, 0.15) is 23.0 Å². The van der Waals surface area contributed by atoms with Gasteiger partial charge < -0.3 is 14.6 Å². The van der Waals surface area contributed by atoms with Crippen molar-refractivity contribution in [3.05, 3.63) is 71.3 Å². The maximum absolute atomic E-state index is 12.9. The second-order valence-electron chi connectivity index (χ2n) is 7.35. The van der Waals surface area contributed by atoms with Gasteiger partial charge in [0.1, 0.15) is 11.7 Å². The van der Waals surface area contributed by atoms with Crippen molar-refractivity contribution in [2.45, 2.75) is 16.7 Å². The Morgan fingerprint density at radius 3 is 2.12 bits per heavy atom. The summed E-state index contributed by atoms with van der Waals surface area (Å²) >= 11 is 1.50. The van der Waals surface area contributed by atoms with Gasteiger partial charge in [0.25, 0.3) is 0 Å². The van der Waals surface area contributed by atoms with E-state index in [4.69, 9.17) is 9.47 Å². The Morgan fingerprint density at radius 1 is 1.03 bits per heavy atom. The average Bonchev–Trinajstić information content (AvgIpc) is 2.87. The second kappa shape index (κ2) is 9.76. The van der Waals surface area contributed by atoms with E-state index in [0.29, 0.717) is 11.1 Å². The number of hydrogen-bond donors (Lipinski definition) is 1. The first-order chi connectivity index (χ1) is 15.9. The molecule has 1 aliphatic carbocycles. The highest BCUT2D eigenvalue weighted by Crippen LogP contribution is 2.58. The smallest absolute Gasteiger partial charge is 0.337 e. The summed E-state index contributed by atoms with van der Waals surface area (Å²) in [7, 11) is 2.25. The number of methoxy groups -OCH3 is 2. The molecule has 0 bridgehead atoms. The van der Waals surface area contributed by atoms with Gasteiger partial charge in [-0.25, -0.2) is 4.79 Å². The number of carbonyl (C=O) groups excluding carboxylic acids is 2. The van der Waals surface area contributed by atoms with Gasteiger partial charge in [0.05, 0.1) is 37.8 Å². The van der Waals surface area contributed by atoms with E-state index < -0.39 is 40.9 Å². The molecule has 3 atom stereocenters. The number of pyridine rings is 1. The van der Waals surface area contributed by atoms with Crippen molar-refractivity contribution in [1.29, 1.82) is 10.5 Å². The van der Waals surface area contributed by atoms with E-state index in [9.17, 15) is 25.2 Å². The monoisotopic (exact) mass is 463 g/mol. The number of ether oxygens (including phenoxy) is 2. The zero-order chi connectivity index (χ0) is 24.2. The van der Waals surface area contributed by atoms with Gasteiger partial charge in [0.2, 0.25) is 0 Å². The van der Waals surface area contributed by atoms with Crippen molar-refractivity contribution in [3.8, 4) is 12.1 Å². The van der Waals surface area contributed by atoms with E-state index in [1.807, 2.05) is 6.26 Å². The lowest BCUT2D eigenvalue weighted by molar-refractivity contribution is -0.147. The van der Waals surface area contributed by atoms with Gasteiger partial charge in [-0.3, -0.25) is 9.78 Å². The third kappa shape index (κ3) is 3.92. The van der Waals surface area contributed by atoms with Crippen molar-refractivity contribution in [2.24, 2.45) is 11.3 Å². The molecule has 0 fully saturated rings. The van der Waals surface area contributed by atoms with Crippen LogP contribution in [0.15, 0.2) is 65.0 Å².